The van der Waals surface area contributed by atoms with Gasteiger partial charge in [0.2, 0.25) is 0 Å². The van der Waals surface area contributed by atoms with Crippen LogP contribution in [0, 0.1) is 17.8 Å². The summed E-state index contributed by atoms with van der Waals surface area (Å²) in [5.74, 6) is 1.57. The summed E-state index contributed by atoms with van der Waals surface area (Å²) in [5, 5.41) is 0. The summed E-state index contributed by atoms with van der Waals surface area (Å²) in [5.41, 5.74) is 0.419. The summed E-state index contributed by atoms with van der Waals surface area (Å²) in [4.78, 5) is 11.5. The van der Waals surface area contributed by atoms with E-state index in [4.69, 9.17) is 9.47 Å². The van der Waals surface area contributed by atoms with Crippen LogP contribution in [0.5, 0.6) is 0 Å². The Morgan fingerprint density at radius 2 is 2.05 bits per heavy atom. The van der Waals surface area contributed by atoms with Crippen LogP contribution in [0.15, 0.2) is 12.2 Å². The molecule has 0 aromatic heterocycles. The van der Waals surface area contributed by atoms with E-state index in [1.165, 1.54) is 12.8 Å². The van der Waals surface area contributed by atoms with Crippen molar-refractivity contribution >= 4 is 5.97 Å². The molecule has 3 unspecified atom stereocenters. The van der Waals surface area contributed by atoms with Crippen LogP contribution in [0.1, 0.15) is 47.0 Å². The highest BCUT2D eigenvalue weighted by atomic mass is 16.5. The molecule has 0 N–H and O–H groups in total. The molecule has 0 aromatic rings. The number of carbonyl (C=O) groups is 1. The van der Waals surface area contributed by atoms with Crippen LogP contribution in [0.2, 0.25) is 0 Å². The third-order valence-electron chi connectivity index (χ3n) is 4.00. The van der Waals surface area contributed by atoms with Crippen molar-refractivity contribution in [3.8, 4) is 0 Å². The molecule has 1 aliphatic carbocycles. The average Bonchev–Trinajstić information content (AvgIpc) is 2.35. The lowest BCUT2D eigenvalue weighted by atomic mass is 9.75. The Morgan fingerprint density at radius 3 is 2.63 bits per heavy atom. The maximum atomic E-state index is 11.5. The van der Waals surface area contributed by atoms with Crippen LogP contribution in [0.4, 0.5) is 0 Å². The van der Waals surface area contributed by atoms with Crippen LogP contribution >= 0.6 is 0 Å². The first kappa shape index (κ1) is 16.2. The normalized spacial score (nSPS) is 27.3. The summed E-state index contributed by atoms with van der Waals surface area (Å²) >= 11 is 0. The summed E-state index contributed by atoms with van der Waals surface area (Å²) in [6.45, 7) is 13.0. The van der Waals surface area contributed by atoms with E-state index < -0.39 is 0 Å². The van der Waals surface area contributed by atoms with Crippen LogP contribution in [-0.2, 0) is 14.3 Å². The molecular weight excluding hydrogens is 240 g/mol. The molecule has 3 atom stereocenters. The predicted molar refractivity (Wildman–Crippen MR) is 76.9 cm³/mol. The fourth-order valence-corrected chi connectivity index (χ4v) is 2.81. The molecule has 0 aliphatic heterocycles. The van der Waals surface area contributed by atoms with Crippen LogP contribution in [-0.4, -0.2) is 25.3 Å². The standard InChI is InChI=1S/C16H28O3/c1-6-18-16(17)13(5)10-19-15-9-12(4)7-8-14(15)11(2)3/h11-12,14-15H,5-10H2,1-4H3. The van der Waals surface area contributed by atoms with E-state index >= 15 is 0 Å². The van der Waals surface area contributed by atoms with Crippen molar-refractivity contribution < 1.29 is 14.3 Å². The van der Waals surface area contributed by atoms with Crippen molar-refractivity contribution in [2.45, 2.75) is 53.1 Å². The van der Waals surface area contributed by atoms with E-state index in [2.05, 4.69) is 27.4 Å². The molecule has 1 aliphatic rings. The van der Waals surface area contributed by atoms with E-state index in [0.717, 1.165) is 6.42 Å². The van der Waals surface area contributed by atoms with Gasteiger partial charge in [0.1, 0.15) is 0 Å². The van der Waals surface area contributed by atoms with E-state index in [-0.39, 0.29) is 12.1 Å². The molecule has 0 aromatic carbocycles. The molecule has 0 heterocycles. The second kappa shape index (κ2) is 7.68. The topological polar surface area (TPSA) is 35.5 Å². The Bertz CT molecular complexity index is 309. The molecule has 0 amide bonds. The minimum Gasteiger partial charge on any atom is -0.463 e. The Hall–Kier alpha value is -0.830. The van der Waals surface area contributed by atoms with Crippen molar-refractivity contribution in [1.82, 2.24) is 0 Å². The molecule has 3 heteroatoms. The Kier molecular flexibility index (Phi) is 6.56. The van der Waals surface area contributed by atoms with Gasteiger partial charge in [-0.3, -0.25) is 0 Å². The van der Waals surface area contributed by atoms with Crippen molar-refractivity contribution in [3.05, 3.63) is 12.2 Å². The predicted octanol–water partition coefficient (Wildman–Crippen LogP) is 3.58. The van der Waals surface area contributed by atoms with Gasteiger partial charge in [-0.05, 0) is 37.5 Å². The molecule has 0 saturated heterocycles. The lowest BCUT2D eigenvalue weighted by molar-refractivity contribution is -0.139. The highest BCUT2D eigenvalue weighted by Gasteiger charge is 2.31. The molecule has 0 radical (unpaired) electrons. The van der Waals surface area contributed by atoms with E-state index in [1.54, 1.807) is 6.92 Å². The van der Waals surface area contributed by atoms with Crippen LogP contribution < -0.4 is 0 Å². The van der Waals surface area contributed by atoms with Crippen molar-refractivity contribution in [2.75, 3.05) is 13.2 Å². The number of hydrogen-bond acceptors (Lipinski definition) is 3. The summed E-state index contributed by atoms with van der Waals surface area (Å²) in [7, 11) is 0. The number of rotatable bonds is 6. The third-order valence-corrected chi connectivity index (χ3v) is 4.00. The van der Waals surface area contributed by atoms with Gasteiger partial charge in [-0.15, -0.1) is 0 Å². The van der Waals surface area contributed by atoms with Gasteiger partial charge in [0, 0.05) is 0 Å². The number of hydrogen-bond donors (Lipinski definition) is 0. The smallest absolute Gasteiger partial charge is 0.335 e. The van der Waals surface area contributed by atoms with Gasteiger partial charge in [0.05, 0.1) is 24.9 Å². The molecule has 1 rings (SSSR count). The molecular formula is C16H28O3. The monoisotopic (exact) mass is 268 g/mol. The zero-order valence-corrected chi connectivity index (χ0v) is 12.8. The average molecular weight is 268 g/mol. The fraction of sp³-hybridized carbons (Fsp3) is 0.812. The van der Waals surface area contributed by atoms with E-state index in [9.17, 15) is 4.79 Å². The SMILES string of the molecule is C=C(COC1CC(C)CCC1C(C)C)C(=O)OCC. The first-order valence-electron chi connectivity index (χ1n) is 7.42. The number of esters is 1. The third kappa shape index (κ3) is 4.98. The van der Waals surface area contributed by atoms with Gasteiger partial charge >= 0.3 is 5.97 Å². The molecule has 0 spiro atoms. The highest BCUT2D eigenvalue weighted by molar-refractivity contribution is 5.87. The maximum Gasteiger partial charge on any atom is 0.335 e. The maximum absolute atomic E-state index is 11.5. The Labute approximate surface area is 117 Å². The fourth-order valence-electron chi connectivity index (χ4n) is 2.81. The summed E-state index contributed by atoms with van der Waals surface area (Å²) in [6, 6.07) is 0. The van der Waals surface area contributed by atoms with Gasteiger partial charge < -0.3 is 9.47 Å². The largest absolute Gasteiger partial charge is 0.463 e. The molecule has 1 fully saturated rings. The summed E-state index contributed by atoms with van der Waals surface area (Å²) in [6.07, 6.45) is 3.82. The molecule has 1 saturated carbocycles. The van der Waals surface area contributed by atoms with Gasteiger partial charge in [0.15, 0.2) is 0 Å². The zero-order valence-electron chi connectivity index (χ0n) is 12.8. The zero-order chi connectivity index (χ0) is 14.4. The van der Waals surface area contributed by atoms with Crippen molar-refractivity contribution in [1.29, 1.82) is 0 Å². The molecule has 19 heavy (non-hydrogen) atoms. The number of carbonyl (C=O) groups excluding carboxylic acids is 1. The van der Waals surface area contributed by atoms with Gasteiger partial charge in [-0.2, -0.15) is 0 Å². The number of ether oxygens (including phenoxy) is 2. The molecule has 3 nitrogen and oxygen atoms in total. The first-order chi connectivity index (χ1) is 8.95. The van der Waals surface area contributed by atoms with Crippen molar-refractivity contribution in [3.63, 3.8) is 0 Å². The van der Waals surface area contributed by atoms with Gasteiger partial charge in [0.25, 0.3) is 0 Å². The van der Waals surface area contributed by atoms with Gasteiger partial charge in [-0.25, -0.2) is 4.79 Å². The lowest BCUT2D eigenvalue weighted by Crippen LogP contribution is -2.35. The minimum atomic E-state index is -0.340. The van der Waals surface area contributed by atoms with Gasteiger partial charge in [-0.1, -0.05) is 33.8 Å². The summed E-state index contributed by atoms with van der Waals surface area (Å²) < 4.78 is 10.9. The highest BCUT2D eigenvalue weighted by Crippen LogP contribution is 2.35. The minimum absolute atomic E-state index is 0.245. The quantitative estimate of drug-likeness (QED) is 0.545. The Morgan fingerprint density at radius 1 is 1.37 bits per heavy atom. The van der Waals surface area contributed by atoms with Crippen LogP contribution in [0.3, 0.4) is 0 Å². The van der Waals surface area contributed by atoms with Crippen LogP contribution in [0.25, 0.3) is 0 Å². The van der Waals surface area contributed by atoms with E-state index in [1.807, 2.05) is 0 Å². The lowest BCUT2D eigenvalue weighted by Gasteiger charge is -2.37. The van der Waals surface area contributed by atoms with E-state index in [0.29, 0.717) is 36.5 Å². The first-order valence-corrected chi connectivity index (χ1v) is 7.42. The Balaban J connectivity index is 2.48. The van der Waals surface area contributed by atoms with Crippen molar-refractivity contribution in [2.24, 2.45) is 17.8 Å². The molecule has 110 valence electrons. The molecule has 0 bridgehead atoms. The second-order valence-electron chi connectivity index (χ2n) is 6.00. The second-order valence-corrected chi connectivity index (χ2v) is 6.00.